The highest BCUT2D eigenvalue weighted by atomic mass is 16.6. The van der Waals surface area contributed by atoms with Crippen LogP contribution < -0.4 is 9.97 Å². The molecular weight excluding hydrogens is 213 g/mol. The summed E-state index contributed by atoms with van der Waals surface area (Å²) in [6, 6.07) is 4.18. The smallest absolute Gasteiger partial charge is 0.509 e. The van der Waals surface area contributed by atoms with Crippen molar-refractivity contribution in [2.75, 3.05) is 13.6 Å². The number of nitrogens with one attached hydrogen (secondary N) is 1. The number of benzene rings is 1. The second kappa shape index (κ2) is 5.71. The Labute approximate surface area is 93.3 Å². The van der Waals surface area contributed by atoms with Gasteiger partial charge in [-0.3, -0.25) is 0 Å². The van der Waals surface area contributed by atoms with Crippen LogP contribution in [0.15, 0.2) is 18.2 Å². The summed E-state index contributed by atoms with van der Waals surface area (Å²) in [7, 11) is -0.319. The van der Waals surface area contributed by atoms with Gasteiger partial charge in [0.25, 0.3) is 0 Å². The Balaban J connectivity index is 2.88. The summed E-state index contributed by atoms with van der Waals surface area (Å²) in [6.45, 7) is 0.339. The van der Waals surface area contributed by atoms with Gasteiger partial charge < -0.3 is 30.2 Å². The van der Waals surface area contributed by atoms with E-state index in [1.165, 1.54) is 18.2 Å². The molecule has 0 saturated carbocycles. The quantitative estimate of drug-likeness (QED) is 0.413. The number of likely N-dealkylation sites (N-methyl/N-ethyl adjacent to an activating group) is 1. The zero-order chi connectivity index (χ0) is 12.1. The Bertz CT molecular complexity index is 347. The minimum absolute atomic E-state index is 0.0948. The molecule has 0 spiro atoms. The van der Waals surface area contributed by atoms with E-state index >= 15 is 0 Å². The average Bonchev–Trinajstić information content (AvgIpc) is 2.21. The first kappa shape index (κ1) is 12.8. The third-order valence-corrected chi connectivity index (χ3v) is 2.00. The summed E-state index contributed by atoms with van der Waals surface area (Å²) in [5.74, 6) is -0.323. The van der Waals surface area contributed by atoms with Crippen LogP contribution in [0.1, 0.15) is 11.7 Å². The van der Waals surface area contributed by atoms with E-state index < -0.39 is 13.4 Å². The van der Waals surface area contributed by atoms with Gasteiger partial charge in [0.15, 0.2) is 5.75 Å². The van der Waals surface area contributed by atoms with E-state index in [2.05, 4.69) is 9.97 Å². The van der Waals surface area contributed by atoms with Crippen LogP contribution in [0.4, 0.5) is 0 Å². The molecule has 0 aliphatic rings. The highest BCUT2D eigenvalue weighted by Gasteiger charge is 2.16. The molecule has 0 amide bonds. The fourth-order valence-electron chi connectivity index (χ4n) is 1.26. The highest BCUT2D eigenvalue weighted by Crippen LogP contribution is 2.29. The molecular formula is C9H14BNO5. The number of aliphatic hydroxyl groups is 1. The van der Waals surface area contributed by atoms with Crippen LogP contribution in [0.25, 0.3) is 0 Å². The average molecular weight is 227 g/mol. The summed E-state index contributed by atoms with van der Waals surface area (Å²) < 4.78 is 4.54. The number of rotatable bonds is 5. The molecule has 1 rings (SSSR count). The van der Waals surface area contributed by atoms with Gasteiger partial charge in [-0.2, -0.15) is 0 Å². The van der Waals surface area contributed by atoms with Gasteiger partial charge in [-0.1, -0.05) is 6.07 Å². The van der Waals surface area contributed by atoms with E-state index in [-0.39, 0.29) is 11.5 Å². The van der Waals surface area contributed by atoms with Gasteiger partial charge in [-0.15, -0.1) is 0 Å². The number of hydrogen-bond donors (Lipinski definition) is 5. The zero-order valence-corrected chi connectivity index (χ0v) is 8.79. The van der Waals surface area contributed by atoms with Crippen molar-refractivity contribution in [1.29, 1.82) is 0 Å². The standard InChI is InChI=1S/C9H14BNO5/c1-11-5-8(13)6-2-3-7(12)9(4-6)16-10(14)15/h2-4,8,11-15H,5H2,1H3. The molecule has 0 heterocycles. The molecule has 7 heteroatoms. The Morgan fingerprint density at radius 3 is 2.69 bits per heavy atom. The van der Waals surface area contributed by atoms with E-state index in [1.54, 1.807) is 7.05 Å². The van der Waals surface area contributed by atoms with Gasteiger partial charge in [0, 0.05) is 6.54 Å². The Kier molecular flexibility index (Phi) is 4.57. The van der Waals surface area contributed by atoms with E-state index in [0.717, 1.165) is 0 Å². The molecule has 5 N–H and O–H groups in total. The molecule has 0 aromatic heterocycles. The Morgan fingerprint density at radius 1 is 1.44 bits per heavy atom. The summed E-state index contributed by atoms with van der Waals surface area (Å²) in [6.07, 6.45) is -0.760. The molecule has 0 radical (unpaired) electrons. The first-order valence-electron chi connectivity index (χ1n) is 4.73. The van der Waals surface area contributed by atoms with Crippen molar-refractivity contribution in [2.24, 2.45) is 0 Å². The minimum Gasteiger partial charge on any atom is -0.509 e. The molecule has 0 bridgehead atoms. The molecule has 0 aliphatic heterocycles. The second-order valence-corrected chi connectivity index (χ2v) is 3.24. The van der Waals surface area contributed by atoms with Gasteiger partial charge >= 0.3 is 7.32 Å². The number of aliphatic hydroxyl groups excluding tert-OH is 1. The SMILES string of the molecule is CNCC(O)c1ccc(O)c(OB(O)O)c1. The van der Waals surface area contributed by atoms with Gasteiger partial charge in [0.2, 0.25) is 0 Å². The van der Waals surface area contributed by atoms with Crippen molar-refractivity contribution in [1.82, 2.24) is 5.32 Å². The van der Waals surface area contributed by atoms with E-state index in [9.17, 15) is 10.2 Å². The summed E-state index contributed by atoms with van der Waals surface area (Å²) in [5.41, 5.74) is 0.503. The highest BCUT2D eigenvalue weighted by molar-refractivity contribution is 6.33. The van der Waals surface area contributed by atoms with E-state index in [4.69, 9.17) is 10.0 Å². The van der Waals surface area contributed by atoms with E-state index in [0.29, 0.717) is 12.1 Å². The molecule has 1 atom stereocenters. The normalized spacial score (nSPS) is 12.2. The maximum Gasteiger partial charge on any atom is 0.707 e. The van der Waals surface area contributed by atoms with Crippen LogP contribution in [0.3, 0.4) is 0 Å². The molecule has 1 aromatic rings. The predicted molar refractivity (Wildman–Crippen MR) is 57.8 cm³/mol. The third kappa shape index (κ3) is 3.39. The second-order valence-electron chi connectivity index (χ2n) is 3.24. The third-order valence-electron chi connectivity index (χ3n) is 2.00. The monoisotopic (exact) mass is 227 g/mol. The van der Waals surface area contributed by atoms with Crippen molar-refractivity contribution in [2.45, 2.75) is 6.10 Å². The van der Waals surface area contributed by atoms with Crippen molar-refractivity contribution < 1.29 is 24.9 Å². The van der Waals surface area contributed by atoms with Crippen LogP contribution in [0, 0.1) is 0 Å². The molecule has 88 valence electrons. The lowest BCUT2D eigenvalue weighted by Gasteiger charge is -2.13. The number of aromatic hydroxyl groups is 1. The zero-order valence-electron chi connectivity index (χ0n) is 8.79. The maximum absolute atomic E-state index is 9.65. The van der Waals surface area contributed by atoms with Crippen LogP contribution in [0.5, 0.6) is 11.5 Å². The van der Waals surface area contributed by atoms with Crippen LogP contribution in [-0.2, 0) is 0 Å². The van der Waals surface area contributed by atoms with Crippen molar-refractivity contribution in [3.63, 3.8) is 0 Å². The molecule has 0 saturated heterocycles. The van der Waals surface area contributed by atoms with Crippen LogP contribution >= 0.6 is 0 Å². The first-order valence-corrected chi connectivity index (χ1v) is 4.73. The molecule has 1 aromatic carbocycles. The van der Waals surface area contributed by atoms with Gasteiger partial charge in [-0.25, -0.2) is 0 Å². The fourth-order valence-corrected chi connectivity index (χ4v) is 1.26. The topological polar surface area (TPSA) is 102 Å². The van der Waals surface area contributed by atoms with Gasteiger partial charge in [0.1, 0.15) is 5.75 Å². The van der Waals surface area contributed by atoms with Crippen molar-refractivity contribution in [3.8, 4) is 11.5 Å². The van der Waals surface area contributed by atoms with Crippen LogP contribution in [0.2, 0.25) is 0 Å². The largest absolute Gasteiger partial charge is 0.707 e. The fraction of sp³-hybridized carbons (Fsp3) is 0.333. The minimum atomic E-state index is -2.01. The molecule has 6 nitrogen and oxygen atoms in total. The predicted octanol–water partition coefficient (Wildman–Crippen LogP) is -1.01. The molecule has 1 unspecified atom stereocenters. The molecule has 16 heavy (non-hydrogen) atoms. The number of phenolic OH excluding ortho intramolecular Hbond substituents is 1. The van der Waals surface area contributed by atoms with Gasteiger partial charge in [-0.05, 0) is 24.7 Å². The lowest BCUT2D eigenvalue weighted by Crippen LogP contribution is -2.21. The lowest BCUT2D eigenvalue weighted by atomic mass is 10.1. The van der Waals surface area contributed by atoms with E-state index in [1.807, 2.05) is 0 Å². The number of phenols is 1. The van der Waals surface area contributed by atoms with Crippen molar-refractivity contribution in [3.05, 3.63) is 23.8 Å². The molecule has 0 fully saturated rings. The van der Waals surface area contributed by atoms with Crippen molar-refractivity contribution >= 4 is 7.32 Å². The molecule has 0 aliphatic carbocycles. The Hall–Kier alpha value is -1.28. The summed E-state index contributed by atoms with van der Waals surface area (Å²) >= 11 is 0. The van der Waals surface area contributed by atoms with Gasteiger partial charge in [0.05, 0.1) is 6.10 Å². The lowest BCUT2D eigenvalue weighted by molar-refractivity contribution is 0.177. The number of hydrogen-bond acceptors (Lipinski definition) is 6. The Morgan fingerprint density at radius 2 is 2.12 bits per heavy atom. The maximum atomic E-state index is 9.65. The summed E-state index contributed by atoms with van der Waals surface area (Å²) in [4.78, 5) is 0. The first-order chi connectivity index (χ1) is 7.54. The van der Waals surface area contributed by atoms with Crippen LogP contribution in [-0.4, -0.2) is 41.2 Å². The summed E-state index contributed by atoms with van der Waals surface area (Å²) in [5, 5.41) is 39.0.